The van der Waals surface area contributed by atoms with Crippen molar-refractivity contribution in [2.45, 2.75) is 25.9 Å². The number of benzene rings is 1. The second-order valence-electron chi connectivity index (χ2n) is 6.39. The van der Waals surface area contributed by atoms with Crippen LogP contribution in [0.15, 0.2) is 40.8 Å². The fourth-order valence-electron chi connectivity index (χ4n) is 3.18. The van der Waals surface area contributed by atoms with E-state index in [1.807, 2.05) is 0 Å². The number of carbonyl (C=O) groups excluding carboxylic acids is 2. The number of furan rings is 1. The van der Waals surface area contributed by atoms with Crippen molar-refractivity contribution in [2.75, 3.05) is 5.32 Å². The highest BCUT2D eigenvalue weighted by molar-refractivity contribution is 7.17. The van der Waals surface area contributed by atoms with Crippen LogP contribution in [0.3, 0.4) is 0 Å². The molecule has 0 atom stereocenters. The molecule has 2 amide bonds. The summed E-state index contributed by atoms with van der Waals surface area (Å²) in [7, 11) is 0. The number of hydrogen-bond donors (Lipinski definition) is 2. The van der Waals surface area contributed by atoms with E-state index in [1.54, 1.807) is 6.07 Å². The molecule has 1 aliphatic carbocycles. The van der Waals surface area contributed by atoms with E-state index in [9.17, 15) is 14.0 Å². The van der Waals surface area contributed by atoms with Crippen LogP contribution in [-0.4, -0.2) is 11.8 Å². The van der Waals surface area contributed by atoms with Gasteiger partial charge < -0.3 is 20.2 Å². The van der Waals surface area contributed by atoms with Crippen LogP contribution in [0.2, 0.25) is 0 Å². The molecule has 3 aromatic rings. The van der Waals surface area contributed by atoms with Crippen LogP contribution in [-0.2, 0) is 19.4 Å². The van der Waals surface area contributed by atoms with Crippen LogP contribution in [0.5, 0.6) is 5.75 Å². The lowest BCUT2D eigenvalue weighted by Gasteiger charge is -2.05. The first-order valence-electron chi connectivity index (χ1n) is 8.74. The predicted molar refractivity (Wildman–Crippen MR) is 102 cm³/mol. The molecular weight excluding hydrogens is 383 g/mol. The maximum Gasteiger partial charge on any atom is 0.291 e. The molecule has 0 unspecified atom stereocenters. The number of rotatable bonds is 6. The summed E-state index contributed by atoms with van der Waals surface area (Å²) < 4.78 is 23.9. The molecular formula is C20H17FN2O4S. The predicted octanol–water partition coefficient (Wildman–Crippen LogP) is 3.90. The van der Waals surface area contributed by atoms with Crippen molar-refractivity contribution in [3.8, 4) is 5.75 Å². The Bertz CT molecular complexity index is 1040. The summed E-state index contributed by atoms with van der Waals surface area (Å²) in [5, 5.41) is 3.19. The second-order valence-corrected chi connectivity index (χ2v) is 7.49. The van der Waals surface area contributed by atoms with Gasteiger partial charge in [0.25, 0.3) is 11.8 Å². The molecule has 2 heterocycles. The van der Waals surface area contributed by atoms with Crippen molar-refractivity contribution in [1.82, 2.24) is 0 Å². The van der Waals surface area contributed by atoms with Crippen molar-refractivity contribution in [3.05, 3.63) is 69.7 Å². The van der Waals surface area contributed by atoms with Crippen LogP contribution in [0.1, 0.15) is 43.5 Å². The third kappa shape index (κ3) is 3.63. The molecule has 0 bridgehead atoms. The first-order valence-corrected chi connectivity index (χ1v) is 9.55. The summed E-state index contributed by atoms with van der Waals surface area (Å²) in [6.45, 7) is 0.0960. The Morgan fingerprint density at radius 1 is 1.18 bits per heavy atom. The number of primary amides is 1. The van der Waals surface area contributed by atoms with E-state index in [4.69, 9.17) is 14.9 Å². The molecule has 0 spiro atoms. The van der Waals surface area contributed by atoms with Crippen molar-refractivity contribution in [2.24, 2.45) is 5.73 Å². The highest BCUT2D eigenvalue weighted by atomic mass is 32.1. The first-order chi connectivity index (χ1) is 13.5. The van der Waals surface area contributed by atoms with Gasteiger partial charge >= 0.3 is 0 Å². The lowest BCUT2D eigenvalue weighted by molar-refractivity contribution is 0.0993. The molecule has 4 rings (SSSR count). The smallest absolute Gasteiger partial charge is 0.291 e. The normalized spacial score (nSPS) is 12.6. The van der Waals surface area contributed by atoms with E-state index in [0.29, 0.717) is 22.1 Å². The molecule has 28 heavy (non-hydrogen) atoms. The number of nitrogens with two attached hydrogens (primary N) is 1. The Kier molecular flexibility index (Phi) is 4.87. The molecule has 144 valence electrons. The summed E-state index contributed by atoms with van der Waals surface area (Å²) in [5.74, 6) is -0.319. The van der Waals surface area contributed by atoms with E-state index in [1.165, 1.54) is 41.7 Å². The minimum Gasteiger partial charge on any atom is -0.486 e. The van der Waals surface area contributed by atoms with Gasteiger partial charge in [-0.2, -0.15) is 0 Å². The Labute approximate surface area is 164 Å². The Morgan fingerprint density at radius 2 is 1.96 bits per heavy atom. The maximum absolute atomic E-state index is 12.9. The van der Waals surface area contributed by atoms with E-state index in [0.717, 1.165) is 29.7 Å². The minimum absolute atomic E-state index is 0.0960. The van der Waals surface area contributed by atoms with Gasteiger partial charge in [0.1, 0.15) is 28.9 Å². The second kappa shape index (κ2) is 7.47. The molecule has 0 fully saturated rings. The lowest BCUT2D eigenvalue weighted by atomic mass is 10.1. The average Bonchev–Trinajstić information content (AvgIpc) is 3.36. The van der Waals surface area contributed by atoms with E-state index < -0.39 is 11.8 Å². The van der Waals surface area contributed by atoms with Gasteiger partial charge in [-0.1, -0.05) is 0 Å². The molecule has 1 aromatic carbocycles. The van der Waals surface area contributed by atoms with E-state index in [-0.39, 0.29) is 18.2 Å². The number of ether oxygens (including phenoxy) is 1. The van der Waals surface area contributed by atoms with Gasteiger partial charge in [-0.3, -0.25) is 9.59 Å². The van der Waals surface area contributed by atoms with Gasteiger partial charge in [-0.05, 0) is 61.2 Å². The van der Waals surface area contributed by atoms with Crippen molar-refractivity contribution in [1.29, 1.82) is 0 Å². The maximum atomic E-state index is 12.9. The summed E-state index contributed by atoms with van der Waals surface area (Å²) >= 11 is 1.39. The number of anilines is 1. The molecule has 2 aromatic heterocycles. The van der Waals surface area contributed by atoms with Crippen LogP contribution >= 0.6 is 11.3 Å². The molecule has 0 saturated heterocycles. The number of aryl methyl sites for hydroxylation is 1. The summed E-state index contributed by atoms with van der Waals surface area (Å²) in [6.07, 6.45) is 2.68. The summed E-state index contributed by atoms with van der Waals surface area (Å²) in [6, 6.07) is 8.77. The van der Waals surface area contributed by atoms with Gasteiger partial charge in [0, 0.05) is 4.88 Å². The van der Waals surface area contributed by atoms with Crippen LogP contribution in [0.4, 0.5) is 9.39 Å². The fraction of sp³-hybridized carbons (Fsp3) is 0.200. The quantitative estimate of drug-likeness (QED) is 0.656. The molecule has 0 radical (unpaired) electrons. The van der Waals surface area contributed by atoms with Gasteiger partial charge in [-0.25, -0.2) is 4.39 Å². The standard InChI is InChI=1S/C20H17FN2O4S/c21-11-4-6-12(7-5-11)26-10-13-8-9-15(27-13)19(25)23-20-17(18(22)24)14-2-1-3-16(14)28-20/h4-9H,1-3,10H2,(H2,22,24)(H,23,25). The zero-order valence-electron chi connectivity index (χ0n) is 14.8. The Balaban J connectivity index is 1.44. The molecule has 6 nitrogen and oxygen atoms in total. The van der Waals surface area contributed by atoms with E-state index >= 15 is 0 Å². The van der Waals surface area contributed by atoms with Crippen molar-refractivity contribution in [3.63, 3.8) is 0 Å². The van der Waals surface area contributed by atoms with E-state index in [2.05, 4.69) is 5.32 Å². The number of fused-ring (bicyclic) bond motifs is 1. The van der Waals surface area contributed by atoms with Crippen molar-refractivity contribution < 1.29 is 23.1 Å². The van der Waals surface area contributed by atoms with Gasteiger partial charge in [0.15, 0.2) is 5.76 Å². The number of hydrogen-bond acceptors (Lipinski definition) is 5. The van der Waals surface area contributed by atoms with Crippen LogP contribution in [0.25, 0.3) is 0 Å². The minimum atomic E-state index is -0.539. The van der Waals surface area contributed by atoms with Gasteiger partial charge in [-0.15, -0.1) is 11.3 Å². The van der Waals surface area contributed by atoms with Gasteiger partial charge in [0.05, 0.1) is 5.56 Å². The van der Waals surface area contributed by atoms with Crippen molar-refractivity contribution >= 4 is 28.2 Å². The number of carbonyl (C=O) groups is 2. The Morgan fingerprint density at radius 3 is 2.71 bits per heavy atom. The molecule has 1 aliphatic rings. The molecule has 8 heteroatoms. The number of amides is 2. The SMILES string of the molecule is NC(=O)c1c(NC(=O)c2ccc(COc3ccc(F)cc3)o2)sc2c1CCC2. The monoisotopic (exact) mass is 400 g/mol. The molecule has 3 N–H and O–H groups in total. The molecule has 0 aliphatic heterocycles. The van der Waals surface area contributed by atoms with Crippen LogP contribution in [0, 0.1) is 5.82 Å². The highest BCUT2D eigenvalue weighted by Gasteiger charge is 2.26. The summed E-state index contributed by atoms with van der Waals surface area (Å²) in [4.78, 5) is 25.4. The van der Waals surface area contributed by atoms with Gasteiger partial charge in [0.2, 0.25) is 0 Å². The average molecular weight is 400 g/mol. The topological polar surface area (TPSA) is 94.6 Å². The summed E-state index contributed by atoms with van der Waals surface area (Å²) in [5.41, 5.74) is 6.85. The highest BCUT2D eigenvalue weighted by Crippen LogP contribution is 2.39. The number of thiophene rings is 1. The number of halogens is 1. The Hall–Kier alpha value is -3.13. The fourth-order valence-corrected chi connectivity index (χ4v) is 4.47. The lowest BCUT2D eigenvalue weighted by Crippen LogP contribution is -2.17. The zero-order valence-corrected chi connectivity index (χ0v) is 15.6. The third-order valence-corrected chi connectivity index (χ3v) is 5.68. The largest absolute Gasteiger partial charge is 0.486 e. The van der Waals surface area contributed by atoms with Crippen LogP contribution < -0.4 is 15.8 Å². The first kappa shape index (κ1) is 18.2. The third-order valence-electron chi connectivity index (χ3n) is 4.47. The number of nitrogens with one attached hydrogen (secondary N) is 1. The zero-order chi connectivity index (χ0) is 19.7. The molecule has 0 saturated carbocycles.